The minimum absolute atomic E-state index is 0.182. The molecule has 0 bridgehead atoms. The van der Waals surface area contributed by atoms with E-state index >= 15 is 0 Å². The number of hydrogen-bond donors (Lipinski definition) is 2. The van der Waals surface area contributed by atoms with Gasteiger partial charge in [0.15, 0.2) is 5.96 Å². The van der Waals surface area contributed by atoms with Gasteiger partial charge in [-0.15, -0.1) is 0 Å². The summed E-state index contributed by atoms with van der Waals surface area (Å²) in [5, 5.41) is 6.79. The molecule has 1 aromatic carbocycles. The van der Waals surface area contributed by atoms with Gasteiger partial charge in [0.1, 0.15) is 0 Å². The molecule has 0 unspecified atom stereocenters. The first-order valence-electron chi connectivity index (χ1n) is 10.3. The van der Waals surface area contributed by atoms with Crippen LogP contribution in [0.5, 0.6) is 0 Å². The lowest BCUT2D eigenvalue weighted by Gasteiger charge is -2.34. The summed E-state index contributed by atoms with van der Waals surface area (Å²) in [5.74, 6) is 1.46. The van der Waals surface area contributed by atoms with Gasteiger partial charge < -0.3 is 20.1 Å². The molecule has 0 amide bonds. The highest BCUT2D eigenvalue weighted by molar-refractivity contribution is 5.79. The normalized spacial score (nSPS) is 17.1. The quantitative estimate of drug-likeness (QED) is 0.394. The standard InChI is InChI=1S/C22H37N3O2/c1-5-23-21(25-17-22(26-4)12-15-27-16-13-22)24-14-6-7-19-8-10-20(11-9-19)18(2)3/h8-11,18H,5-7,12-17H2,1-4H3,(H2,23,24,25). The number of ether oxygens (including phenoxy) is 2. The van der Waals surface area contributed by atoms with Crippen LogP contribution in [-0.2, 0) is 15.9 Å². The molecule has 1 saturated heterocycles. The van der Waals surface area contributed by atoms with Crippen LogP contribution in [0.25, 0.3) is 0 Å². The van der Waals surface area contributed by atoms with Crippen molar-refractivity contribution in [3.8, 4) is 0 Å². The average molecular weight is 376 g/mol. The summed E-state index contributed by atoms with van der Waals surface area (Å²) in [6.07, 6.45) is 3.95. The Balaban J connectivity index is 1.79. The van der Waals surface area contributed by atoms with Crippen LogP contribution < -0.4 is 10.6 Å². The minimum atomic E-state index is -0.182. The Morgan fingerprint density at radius 2 is 1.89 bits per heavy atom. The summed E-state index contributed by atoms with van der Waals surface area (Å²) in [5.41, 5.74) is 2.61. The van der Waals surface area contributed by atoms with E-state index in [4.69, 9.17) is 14.5 Å². The third-order valence-corrected chi connectivity index (χ3v) is 5.29. The van der Waals surface area contributed by atoms with E-state index in [-0.39, 0.29) is 5.60 Å². The van der Waals surface area contributed by atoms with Gasteiger partial charge in [-0.2, -0.15) is 0 Å². The predicted octanol–water partition coefficient (Wildman–Crippen LogP) is 3.49. The maximum absolute atomic E-state index is 5.77. The van der Waals surface area contributed by atoms with E-state index in [1.807, 2.05) is 0 Å². The fourth-order valence-electron chi connectivity index (χ4n) is 3.30. The van der Waals surface area contributed by atoms with Gasteiger partial charge in [-0.25, -0.2) is 0 Å². The van der Waals surface area contributed by atoms with Crippen molar-refractivity contribution >= 4 is 5.96 Å². The first kappa shape index (κ1) is 21.7. The van der Waals surface area contributed by atoms with Crippen molar-refractivity contribution < 1.29 is 9.47 Å². The average Bonchev–Trinajstić information content (AvgIpc) is 2.70. The van der Waals surface area contributed by atoms with Crippen molar-refractivity contribution in [2.75, 3.05) is 40.0 Å². The molecule has 152 valence electrons. The zero-order valence-electron chi connectivity index (χ0n) is 17.5. The third-order valence-electron chi connectivity index (χ3n) is 5.29. The molecule has 0 spiro atoms. The molecule has 0 aliphatic carbocycles. The van der Waals surface area contributed by atoms with E-state index in [1.54, 1.807) is 7.11 Å². The van der Waals surface area contributed by atoms with Crippen LogP contribution in [0.2, 0.25) is 0 Å². The second-order valence-corrected chi connectivity index (χ2v) is 7.62. The highest BCUT2D eigenvalue weighted by Crippen LogP contribution is 2.24. The lowest BCUT2D eigenvalue weighted by Crippen LogP contribution is -2.44. The summed E-state index contributed by atoms with van der Waals surface area (Å²) in [7, 11) is 1.78. The highest BCUT2D eigenvalue weighted by Gasteiger charge is 2.32. The van der Waals surface area contributed by atoms with Crippen LogP contribution in [0, 0.1) is 0 Å². The molecule has 0 saturated carbocycles. The van der Waals surface area contributed by atoms with Gasteiger partial charge in [0.05, 0.1) is 12.1 Å². The van der Waals surface area contributed by atoms with Crippen molar-refractivity contribution in [2.24, 2.45) is 4.99 Å². The fourth-order valence-corrected chi connectivity index (χ4v) is 3.30. The summed E-state index contributed by atoms with van der Waals surface area (Å²) in [4.78, 5) is 4.77. The molecule has 5 heteroatoms. The number of methoxy groups -OCH3 is 1. The maximum atomic E-state index is 5.77. The predicted molar refractivity (Wildman–Crippen MR) is 113 cm³/mol. The van der Waals surface area contributed by atoms with Gasteiger partial charge in [0.25, 0.3) is 0 Å². The largest absolute Gasteiger partial charge is 0.381 e. The minimum Gasteiger partial charge on any atom is -0.381 e. The Labute approximate surface area is 164 Å². The van der Waals surface area contributed by atoms with Gasteiger partial charge in [-0.1, -0.05) is 38.1 Å². The van der Waals surface area contributed by atoms with Crippen molar-refractivity contribution in [3.63, 3.8) is 0 Å². The van der Waals surface area contributed by atoms with E-state index in [9.17, 15) is 0 Å². The molecule has 5 nitrogen and oxygen atoms in total. The smallest absolute Gasteiger partial charge is 0.191 e. The molecule has 27 heavy (non-hydrogen) atoms. The van der Waals surface area contributed by atoms with E-state index < -0.39 is 0 Å². The van der Waals surface area contributed by atoms with Gasteiger partial charge in [-0.3, -0.25) is 4.99 Å². The van der Waals surface area contributed by atoms with E-state index in [0.29, 0.717) is 12.5 Å². The molecular weight excluding hydrogens is 338 g/mol. The van der Waals surface area contributed by atoms with Gasteiger partial charge in [-0.05, 0) is 36.8 Å². The van der Waals surface area contributed by atoms with E-state index in [1.165, 1.54) is 11.1 Å². The number of guanidine groups is 1. The molecular formula is C22H37N3O2. The molecule has 0 atom stereocenters. The zero-order chi connectivity index (χ0) is 19.5. The van der Waals surface area contributed by atoms with Gasteiger partial charge >= 0.3 is 0 Å². The van der Waals surface area contributed by atoms with Crippen LogP contribution in [0.1, 0.15) is 57.1 Å². The van der Waals surface area contributed by atoms with Crippen LogP contribution in [0.15, 0.2) is 29.3 Å². The Morgan fingerprint density at radius 3 is 2.48 bits per heavy atom. The molecule has 1 heterocycles. The Hall–Kier alpha value is -1.59. The number of nitrogens with one attached hydrogen (secondary N) is 2. The SMILES string of the molecule is CCNC(=NCC1(OC)CCOCC1)NCCCc1ccc(C(C)C)cc1. The summed E-state index contributed by atoms with van der Waals surface area (Å²) >= 11 is 0. The fraction of sp³-hybridized carbons (Fsp3) is 0.682. The molecule has 0 aromatic heterocycles. The van der Waals surface area contributed by atoms with Gasteiger partial charge in [0, 0.05) is 46.3 Å². The number of aliphatic imine (C=N–C) groups is 1. The van der Waals surface area contributed by atoms with E-state index in [2.05, 4.69) is 55.7 Å². The first-order valence-corrected chi connectivity index (χ1v) is 10.3. The number of hydrogen-bond acceptors (Lipinski definition) is 3. The van der Waals surface area contributed by atoms with Crippen LogP contribution in [0.4, 0.5) is 0 Å². The highest BCUT2D eigenvalue weighted by atomic mass is 16.5. The number of rotatable bonds is 9. The van der Waals surface area contributed by atoms with Crippen LogP contribution in [0.3, 0.4) is 0 Å². The molecule has 1 aromatic rings. The van der Waals surface area contributed by atoms with E-state index in [0.717, 1.165) is 57.9 Å². The molecule has 1 fully saturated rings. The maximum Gasteiger partial charge on any atom is 0.191 e. The number of aryl methyl sites for hydroxylation is 1. The molecule has 1 aliphatic rings. The summed E-state index contributed by atoms with van der Waals surface area (Å²) < 4.78 is 11.2. The number of nitrogens with zero attached hydrogens (tertiary/aromatic N) is 1. The van der Waals surface area contributed by atoms with Crippen molar-refractivity contribution in [1.82, 2.24) is 10.6 Å². The topological polar surface area (TPSA) is 54.9 Å². The Bertz CT molecular complexity index is 563. The van der Waals surface area contributed by atoms with Gasteiger partial charge in [0.2, 0.25) is 0 Å². The summed E-state index contributed by atoms with van der Waals surface area (Å²) in [6, 6.07) is 9.00. The Morgan fingerprint density at radius 1 is 1.19 bits per heavy atom. The molecule has 0 radical (unpaired) electrons. The van der Waals surface area contributed by atoms with Crippen LogP contribution in [-0.4, -0.2) is 51.5 Å². The number of benzene rings is 1. The zero-order valence-corrected chi connectivity index (χ0v) is 17.5. The second kappa shape index (κ2) is 11.3. The van der Waals surface area contributed by atoms with Crippen molar-refractivity contribution in [3.05, 3.63) is 35.4 Å². The van der Waals surface area contributed by atoms with Crippen LogP contribution >= 0.6 is 0 Å². The van der Waals surface area contributed by atoms with Crippen molar-refractivity contribution in [1.29, 1.82) is 0 Å². The lowest BCUT2D eigenvalue weighted by molar-refractivity contribution is -0.0828. The molecule has 2 rings (SSSR count). The Kier molecular flexibility index (Phi) is 9.08. The summed E-state index contributed by atoms with van der Waals surface area (Å²) in [6.45, 7) is 10.5. The third kappa shape index (κ3) is 7.15. The first-order chi connectivity index (χ1) is 13.1. The molecule has 1 aliphatic heterocycles. The lowest BCUT2D eigenvalue weighted by atomic mass is 9.94. The van der Waals surface area contributed by atoms with Crippen molar-refractivity contribution in [2.45, 2.75) is 58.0 Å². The second-order valence-electron chi connectivity index (χ2n) is 7.62. The molecule has 2 N–H and O–H groups in total. The monoisotopic (exact) mass is 375 g/mol.